The summed E-state index contributed by atoms with van der Waals surface area (Å²) in [5.74, 6) is -2.40. The number of esters is 1. The maximum absolute atomic E-state index is 12.3. The van der Waals surface area contributed by atoms with Gasteiger partial charge in [0.25, 0.3) is 0 Å². The maximum Gasteiger partial charge on any atom is 0.472 e. The van der Waals surface area contributed by atoms with Crippen LogP contribution in [0.3, 0.4) is 0 Å². The summed E-state index contributed by atoms with van der Waals surface area (Å²) in [6.07, 6.45) is 52.4. The first kappa shape index (κ1) is 59.2. The molecule has 3 atom stereocenters. The Kier molecular flexibility index (Phi) is 42.7. The molecule has 62 heavy (non-hydrogen) atoms. The van der Waals surface area contributed by atoms with Crippen LogP contribution in [0, 0.1) is 0 Å². The Balaban J connectivity index is 3.90. The Morgan fingerprint density at radius 2 is 0.935 bits per heavy atom. The molecule has 3 unspecified atom stereocenters. The third-order valence-corrected chi connectivity index (χ3v) is 11.3. The summed E-state index contributed by atoms with van der Waals surface area (Å²) in [5.41, 5.74) is 0. The van der Waals surface area contributed by atoms with Gasteiger partial charge in [0.05, 0.1) is 13.2 Å². The molecule has 0 spiro atoms. The Morgan fingerprint density at radius 1 is 0.532 bits per heavy atom. The molecule has 358 valence electrons. The van der Waals surface area contributed by atoms with Crippen molar-refractivity contribution in [3.8, 4) is 0 Å². The monoisotopic (exact) mass is 894 g/mol. The molecule has 11 nitrogen and oxygen atoms in total. The number of phosphoric ester groups is 1. The van der Waals surface area contributed by atoms with Crippen LogP contribution >= 0.6 is 7.82 Å². The molecule has 0 saturated carbocycles. The number of unbranched alkanes of at least 4 members (excludes halogenated alkanes) is 21. The van der Waals surface area contributed by atoms with Crippen molar-refractivity contribution in [3.05, 3.63) is 60.8 Å². The van der Waals surface area contributed by atoms with Gasteiger partial charge >= 0.3 is 19.8 Å². The molecule has 0 aliphatic rings. The second-order valence-electron chi connectivity index (χ2n) is 16.3. The Labute approximate surface area is 376 Å². The lowest BCUT2D eigenvalue weighted by Crippen LogP contribution is -2.43. The quantitative estimate of drug-likeness (QED) is 0.0200. The Morgan fingerprint density at radius 3 is 1.40 bits per heavy atom. The fraction of sp³-hybridized carbons (Fsp3) is 0.740. The zero-order valence-corrected chi connectivity index (χ0v) is 39.8. The van der Waals surface area contributed by atoms with Gasteiger partial charge in [-0.3, -0.25) is 18.6 Å². The van der Waals surface area contributed by atoms with Crippen molar-refractivity contribution >= 4 is 25.7 Å². The van der Waals surface area contributed by atoms with Gasteiger partial charge in [-0.1, -0.05) is 197 Å². The van der Waals surface area contributed by atoms with E-state index < -0.39 is 57.6 Å². The number of aliphatic hydroxyl groups is 1. The molecule has 0 aromatic carbocycles. The number of amides is 1. The molecule has 0 bridgehead atoms. The molecular weight excluding hydrogens is 806 g/mol. The lowest BCUT2D eigenvalue weighted by atomic mass is 10.0. The minimum Gasteiger partial charge on any atom is -0.480 e. The fourth-order valence-electron chi connectivity index (χ4n) is 6.58. The molecule has 0 aromatic heterocycles. The molecule has 0 heterocycles. The van der Waals surface area contributed by atoms with Gasteiger partial charge < -0.3 is 25.2 Å². The summed E-state index contributed by atoms with van der Waals surface area (Å²) in [7, 11) is -4.77. The fourth-order valence-corrected chi connectivity index (χ4v) is 7.35. The molecule has 0 rings (SSSR count). The topological polar surface area (TPSA) is 169 Å². The van der Waals surface area contributed by atoms with Crippen LogP contribution in [-0.2, 0) is 32.7 Å². The first-order valence-corrected chi connectivity index (χ1v) is 25.8. The maximum atomic E-state index is 12.3. The highest BCUT2D eigenvalue weighted by Gasteiger charge is 2.28. The van der Waals surface area contributed by atoms with E-state index in [9.17, 15) is 34.1 Å². The third-order valence-electron chi connectivity index (χ3n) is 10.3. The van der Waals surface area contributed by atoms with Gasteiger partial charge in [0.2, 0.25) is 5.91 Å². The molecule has 0 fully saturated rings. The van der Waals surface area contributed by atoms with Crippen LogP contribution in [0.2, 0.25) is 0 Å². The van der Waals surface area contributed by atoms with E-state index in [0.29, 0.717) is 12.8 Å². The average molecular weight is 894 g/mol. The van der Waals surface area contributed by atoms with Crippen molar-refractivity contribution in [1.29, 1.82) is 0 Å². The van der Waals surface area contributed by atoms with E-state index in [4.69, 9.17) is 13.8 Å². The van der Waals surface area contributed by atoms with Gasteiger partial charge in [0.1, 0.15) is 12.7 Å². The van der Waals surface area contributed by atoms with Crippen molar-refractivity contribution in [2.75, 3.05) is 19.8 Å². The van der Waals surface area contributed by atoms with E-state index in [1.807, 2.05) is 0 Å². The van der Waals surface area contributed by atoms with Crippen molar-refractivity contribution < 1.29 is 47.8 Å². The summed E-state index contributed by atoms with van der Waals surface area (Å²) in [6.45, 7) is 2.49. The van der Waals surface area contributed by atoms with E-state index in [0.717, 1.165) is 83.5 Å². The van der Waals surface area contributed by atoms with E-state index in [1.54, 1.807) is 0 Å². The molecule has 0 aliphatic carbocycles. The molecule has 0 radical (unpaired) electrons. The average Bonchev–Trinajstić information content (AvgIpc) is 3.25. The van der Waals surface area contributed by atoms with Gasteiger partial charge in [-0.05, 0) is 57.8 Å². The van der Waals surface area contributed by atoms with Crippen LogP contribution in [0.5, 0.6) is 0 Å². The first-order valence-electron chi connectivity index (χ1n) is 24.3. The minimum absolute atomic E-state index is 0.121. The molecule has 12 heteroatoms. The Hall–Kier alpha value is -2.82. The summed E-state index contributed by atoms with van der Waals surface area (Å²) < 4.78 is 26.9. The predicted molar refractivity (Wildman–Crippen MR) is 254 cm³/mol. The number of allylic oxidation sites excluding steroid dienone is 10. The number of carboxylic acid groups (broad SMARTS) is 1. The Bertz CT molecular complexity index is 1280. The third kappa shape index (κ3) is 43.8. The first-order chi connectivity index (χ1) is 30.1. The summed E-state index contributed by atoms with van der Waals surface area (Å²) >= 11 is 0. The van der Waals surface area contributed by atoms with Crippen molar-refractivity contribution in [2.24, 2.45) is 0 Å². The van der Waals surface area contributed by atoms with Crippen LogP contribution in [0.4, 0.5) is 0 Å². The van der Waals surface area contributed by atoms with Gasteiger partial charge in [-0.15, -0.1) is 0 Å². The highest BCUT2D eigenvalue weighted by atomic mass is 31.2. The van der Waals surface area contributed by atoms with Crippen LogP contribution in [0.25, 0.3) is 0 Å². The van der Waals surface area contributed by atoms with Crippen LogP contribution in [0.15, 0.2) is 60.8 Å². The summed E-state index contributed by atoms with van der Waals surface area (Å²) in [4.78, 5) is 46.1. The van der Waals surface area contributed by atoms with Crippen molar-refractivity contribution in [1.82, 2.24) is 5.32 Å². The molecule has 1 amide bonds. The molecular formula is C50H88NO10P. The number of aliphatic carboxylic acids is 1. The lowest BCUT2D eigenvalue weighted by Gasteiger charge is -2.18. The van der Waals surface area contributed by atoms with E-state index in [1.165, 1.54) is 83.5 Å². The number of phosphoric acid groups is 1. The highest BCUT2D eigenvalue weighted by Crippen LogP contribution is 2.43. The van der Waals surface area contributed by atoms with Gasteiger partial charge in [-0.25, -0.2) is 9.36 Å². The number of rotatable bonds is 45. The summed E-state index contributed by atoms with van der Waals surface area (Å²) in [5, 5.41) is 21.9. The van der Waals surface area contributed by atoms with E-state index >= 15 is 0 Å². The number of carbonyl (C=O) groups excluding carboxylic acids is 2. The standard InChI is InChI=1S/C50H88NO10P/c1-3-5-7-9-11-13-15-17-19-21-22-23-24-26-27-29-31-33-35-37-39-41-48(53)51-47(50(55)56)45-61-62(57,58)60-44-46(52)43-59-49(54)42-40-38-36-34-32-30-28-25-20-18-16-14-12-10-8-6-4-2/h5,7,11,13,17,19,22-23,26-27,46-47,52H,3-4,6,8-10,12,14-16,18,20-21,24-25,28-45H2,1-2H3,(H,51,53)(H,55,56)(H,57,58)/b7-5-,13-11-,19-17-,23-22-,27-26-. The number of carbonyl (C=O) groups is 3. The normalized spacial score (nSPS) is 14.1. The number of carboxylic acids is 1. The number of hydrogen-bond acceptors (Lipinski definition) is 8. The van der Waals surface area contributed by atoms with Crippen LogP contribution in [0.1, 0.15) is 206 Å². The molecule has 4 N–H and O–H groups in total. The largest absolute Gasteiger partial charge is 0.480 e. The SMILES string of the molecule is CC/C=C\C/C=C\C/C=C\C/C=C\C/C=C\CCCCCCCC(=O)NC(COP(=O)(O)OCC(O)COC(=O)CCCCCCCCCCCCCCCCCCC)C(=O)O. The lowest BCUT2D eigenvalue weighted by molar-refractivity contribution is -0.147. The van der Waals surface area contributed by atoms with E-state index in [-0.39, 0.29) is 12.8 Å². The second kappa shape index (κ2) is 44.8. The predicted octanol–water partition coefficient (Wildman–Crippen LogP) is 13.1. The minimum atomic E-state index is -4.77. The van der Waals surface area contributed by atoms with Crippen LogP contribution < -0.4 is 5.32 Å². The van der Waals surface area contributed by atoms with Crippen molar-refractivity contribution in [3.63, 3.8) is 0 Å². The zero-order valence-electron chi connectivity index (χ0n) is 38.9. The van der Waals surface area contributed by atoms with E-state index in [2.05, 4.69) is 79.9 Å². The van der Waals surface area contributed by atoms with Gasteiger partial charge in [-0.2, -0.15) is 0 Å². The van der Waals surface area contributed by atoms with Gasteiger partial charge in [0, 0.05) is 12.8 Å². The van der Waals surface area contributed by atoms with Crippen molar-refractivity contribution in [2.45, 2.75) is 219 Å². The molecule has 0 aliphatic heterocycles. The molecule has 0 saturated heterocycles. The van der Waals surface area contributed by atoms with Crippen LogP contribution in [-0.4, -0.2) is 64.9 Å². The number of ether oxygens (including phenoxy) is 1. The number of aliphatic hydroxyl groups excluding tert-OH is 1. The second-order valence-corrected chi connectivity index (χ2v) is 17.7. The number of nitrogens with one attached hydrogen (secondary N) is 1. The smallest absolute Gasteiger partial charge is 0.472 e. The number of hydrogen-bond donors (Lipinski definition) is 4. The molecule has 0 aromatic rings. The van der Waals surface area contributed by atoms with Gasteiger partial charge in [0.15, 0.2) is 6.04 Å². The zero-order chi connectivity index (χ0) is 45.6. The summed E-state index contributed by atoms with van der Waals surface area (Å²) in [6, 6.07) is -1.56. The highest BCUT2D eigenvalue weighted by molar-refractivity contribution is 7.47.